The molecule has 0 bridgehead atoms. The van der Waals surface area contributed by atoms with E-state index in [1.54, 1.807) is 0 Å². The van der Waals surface area contributed by atoms with Crippen molar-refractivity contribution in [2.24, 2.45) is 7.05 Å². The van der Waals surface area contributed by atoms with Crippen molar-refractivity contribution in [1.82, 2.24) is 9.88 Å². The van der Waals surface area contributed by atoms with Crippen LogP contribution < -0.4 is 5.32 Å². The molecule has 0 saturated heterocycles. The number of rotatable bonds is 3. The molecule has 0 saturated carbocycles. The van der Waals surface area contributed by atoms with Gasteiger partial charge in [0, 0.05) is 24.7 Å². The highest BCUT2D eigenvalue weighted by molar-refractivity contribution is 5.89. The van der Waals surface area contributed by atoms with Gasteiger partial charge in [-0.3, -0.25) is 0 Å². The Morgan fingerprint density at radius 1 is 1.22 bits per heavy atom. The number of hydrogen-bond donors (Lipinski definition) is 1. The smallest absolute Gasteiger partial charge is 0.0513 e. The number of hydrogen-bond acceptors (Lipinski definition) is 1. The third-order valence-electron chi connectivity index (χ3n) is 3.68. The second kappa shape index (κ2) is 4.77. The Bertz CT molecular complexity index is 577. The summed E-state index contributed by atoms with van der Waals surface area (Å²) >= 11 is 0. The molecule has 0 fully saturated rings. The van der Waals surface area contributed by atoms with Gasteiger partial charge in [-0.2, -0.15) is 0 Å². The standard InChI is InChI=1S/C16H24N2/c1-10(2)15-14(9-17-5)13-8-11(3)7-12(4)16(13)18(15)6/h7-8,10,17H,9H2,1-6H3. The van der Waals surface area contributed by atoms with Crippen LogP contribution in [0.1, 0.15) is 42.1 Å². The minimum atomic E-state index is 0.547. The summed E-state index contributed by atoms with van der Waals surface area (Å²) in [5.74, 6) is 0.547. The Morgan fingerprint density at radius 2 is 1.89 bits per heavy atom. The third kappa shape index (κ3) is 1.95. The normalized spacial score (nSPS) is 11.7. The fourth-order valence-corrected chi connectivity index (χ4v) is 3.19. The van der Waals surface area contributed by atoms with Crippen LogP contribution in [-0.4, -0.2) is 11.6 Å². The molecule has 2 nitrogen and oxygen atoms in total. The molecule has 0 atom stereocenters. The van der Waals surface area contributed by atoms with E-state index in [-0.39, 0.29) is 0 Å². The van der Waals surface area contributed by atoms with Crippen molar-refractivity contribution in [3.8, 4) is 0 Å². The van der Waals surface area contributed by atoms with Crippen LogP contribution in [0.4, 0.5) is 0 Å². The summed E-state index contributed by atoms with van der Waals surface area (Å²) in [7, 11) is 4.21. The first kappa shape index (κ1) is 13.2. The van der Waals surface area contributed by atoms with E-state index >= 15 is 0 Å². The van der Waals surface area contributed by atoms with E-state index < -0.39 is 0 Å². The van der Waals surface area contributed by atoms with Gasteiger partial charge in [0.05, 0.1) is 5.52 Å². The van der Waals surface area contributed by atoms with Crippen molar-refractivity contribution in [3.05, 3.63) is 34.5 Å². The average molecular weight is 244 g/mol. The zero-order valence-corrected chi connectivity index (χ0v) is 12.4. The Kier molecular flexibility index (Phi) is 3.49. The topological polar surface area (TPSA) is 17.0 Å². The minimum absolute atomic E-state index is 0.547. The van der Waals surface area contributed by atoms with Gasteiger partial charge in [-0.25, -0.2) is 0 Å². The minimum Gasteiger partial charge on any atom is -0.347 e. The summed E-state index contributed by atoms with van der Waals surface area (Å²) in [6, 6.07) is 4.59. The highest BCUT2D eigenvalue weighted by Gasteiger charge is 2.18. The molecule has 2 heteroatoms. The molecule has 0 radical (unpaired) electrons. The summed E-state index contributed by atoms with van der Waals surface area (Å²) in [5.41, 5.74) is 7.01. The Hall–Kier alpha value is -1.28. The second-order valence-electron chi connectivity index (χ2n) is 5.59. The fourth-order valence-electron chi connectivity index (χ4n) is 3.19. The van der Waals surface area contributed by atoms with Crippen LogP contribution >= 0.6 is 0 Å². The molecular weight excluding hydrogens is 220 g/mol. The molecular formula is C16H24N2. The number of nitrogens with zero attached hydrogens (tertiary/aromatic N) is 1. The van der Waals surface area contributed by atoms with E-state index in [1.165, 1.54) is 33.3 Å². The molecule has 1 aromatic heterocycles. The molecule has 0 unspecified atom stereocenters. The van der Waals surface area contributed by atoms with Gasteiger partial charge >= 0.3 is 0 Å². The first-order valence-electron chi connectivity index (χ1n) is 6.70. The maximum Gasteiger partial charge on any atom is 0.0513 e. The third-order valence-corrected chi connectivity index (χ3v) is 3.68. The summed E-state index contributed by atoms with van der Waals surface area (Å²) in [4.78, 5) is 0. The first-order valence-corrected chi connectivity index (χ1v) is 6.70. The van der Waals surface area contributed by atoms with E-state index in [4.69, 9.17) is 0 Å². The largest absolute Gasteiger partial charge is 0.347 e. The van der Waals surface area contributed by atoms with Crippen LogP contribution in [0.15, 0.2) is 12.1 Å². The molecule has 1 N–H and O–H groups in total. The van der Waals surface area contributed by atoms with Crippen molar-refractivity contribution < 1.29 is 0 Å². The van der Waals surface area contributed by atoms with Crippen molar-refractivity contribution in [3.63, 3.8) is 0 Å². The lowest BCUT2D eigenvalue weighted by atomic mass is 10.0. The zero-order valence-electron chi connectivity index (χ0n) is 12.4. The Balaban J connectivity index is 2.87. The predicted octanol–water partition coefficient (Wildman–Crippen LogP) is 3.64. The van der Waals surface area contributed by atoms with Crippen LogP contribution in [0, 0.1) is 13.8 Å². The molecule has 0 aliphatic rings. The quantitative estimate of drug-likeness (QED) is 0.872. The van der Waals surface area contributed by atoms with Gasteiger partial charge < -0.3 is 9.88 Å². The molecule has 1 heterocycles. The SMILES string of the molecule is CNCc1c(C(C)C)n(C)c2c(C)cc(C)cc12. The Morgan fingerprint density at radius 3 is 2.44 bits per heavy atom. The van der Waals surface area contributed by atoms with Gasteiger partial charge in [0.25, 0.3) is 0 Å². The van der Waals surface area contributed by atoms with Gasteiger partial charge in [0.1, 0.15) is 0 Å². The average Bonchev–Trinajstić information content (AvgIpc) is 2.52. The monoisotopic (exact) mass is 244 g/mol. The number of fused-ring (bicyclic) bond motifs is 1. The van der Waals surface area contributed by atoms with Crippen molar-refractivity contribution in [1.29, 1.82) is 0 Å². The van der Waals surface area contributed by atoms with E-state index in [0.717, 1.165) is 6.54 Å². The van der Waals surface area contributed by atoms with Gasteiger partial charge in [-0.15, -0.1) is 0 Å². The van der Waals surface area contributed by atoms with Crippen molar-refractivity contribution >= 4 is 10.9 Å². The Labute approximate surface area is 110 Å². The van der Waals surface area contributed by atoms with E-state index in [0.29, 0.717) is 5.92 Å². The lowest BCUT2D eigenvalue weighted by molar-refractivity contribution is 0.718. The van der Waals surface area contributed by atoms with E-state index in [1.807, 2.05) is 7.05 Å². The van der Waals surface area contributed by atoms with Gasteiger partial charge in [-0.1, -0.05) is 25.5 Å². The molecule has 0 spiro atoms. The second-order valence-corrected chi connectivity index (χ2v) is 5.59. The summed E-state index contributed by atoms with van der Waals surface area (Å²) < 4.78 is 2.38. The highest BCUT2D eigenvalue weighted by Crippen LogP contribution is 2.32. The molecule has 2 aromatic rings. The molecule has 0 aliphatic carbocycles. The molecule has 0 aliphatic heterocycles. The maximum absolute atomic E-state index is 3.31. The summed E-state index contributed by atoms with van der Waals surface area (Å²) in [6.45, 7) is 9.87. The highest BCUT2D eigenvalue weighted by atomic mass is 15.0. The van der Waals surface area contributed by atoms with Crippen molar-refractivity contribution in [2.45, 2.75) is 40.2 Å². The lowest BCUT2D eigenvalue weighted by Gasteiger charge is -2.11. The van der Waals surface area contributed by atoms with E-state index in [2.05, 4.69) is 56.8 Å². The molecule has 18 heavy (non-hydrogen) atoms. The zero-order chi connectivity index (χ0) is 13.4. The molecule has 1 aromatic carbocycles. The van der Waals surface area contributed by atoms with E-state index in [9.17, 15) is 0 Å². The van der Waals surface area contributed by atoms with Gasteiger partial charge in [0.2, 0.25) is 0 Å². The fraction of sp³-hybridized carbons (Fsp3) is 0.500. The van der Waals surface area contributed by atoms with Crippen LogP contribution in [0.25, 0.3) is 10.9 Å². The maximum atomic E-state index is 3.31. The van der Waals surface area contributed by atoms with Gasteiger partial charge in [-0.05, 0) is 44.0 Å². The molecule has 0 amide bonds. The number of benzene rings is 1. The predicted molar refractivity (Wildman–Crippen MR) is 79.2 cm³/mol. The van der Waals surface area contributed by atoms with Gasteiger partial charge in [0.15, 0.2) is 0 Å². The number of aryl methyl sites for hydroxylation is 3. The van der Waals surface area contributed by atoms with Crippen LogP contribution in [0.2, 0.25) is 0 Å². The van der Waals surface area contributed by atoms with Crippen LogP contribution in [-0.2, 0) is 13.6 Å². The number of nitrogens with one attached hydrogen (secondary N) is 1. The first-order chi connectivity index (χ1) is 8.47. The van der Waals surface area contributed by atoms with Crippen LogP contribution in [0.3, 0.4) is 0 Å². The summed E-state index contributed by atoms with van der Waals surface area (Å²) in [5, 5.41) is 4.72. The molecule has 98 valence electrons. The summed E-state index contributed by atoms with van der Waals surface area (Å²) in [6.07, 6.45) is 0. The number of aromatic nitrogens is 1. The van der Waals surface area contributed by atoms with Crippen molar-refractivity contribution in [2.75, 3.05) is 7.05 Å². The lowest BCUT2D eigenvalue weighted by Crippen LogP contribution is -2.09. The van der Waals surface area contributed by atoms with Crippen LogP contribution in [0.5, 0.6) is 0 Å². The molecule has 2 rings (SSSR count).